The Kier molecular flexibility index (Phi) is 3.37. The second-order valence-electron chi connectivity index (χ2n) is 4.65. The SMILES string of the molecule is COc1cc(C(N)O)ccc1C(C)(C)C. The summed E-state index contributed by atoms with van der Waals surface area (Å²) in [5.41, 5.74) is 7.19. The van der Waals surface area contributed by atoms with Crippen molar-refractivity contribution in [3.63, 3.8) is 0 Å². The first-order chi connectivity index (χ1) is 6.86. The molecule has 0 saturated carbocycles. The smallest absolute Gasteiger partial charge is 0.128 e. The summed E-state index contributed by atoms with van der Waals surface area (Å²) in [6.45, 7) is 6.34. The highest BCUT2D eigenvalue weighted by Gasteiger charge is 2.19. The molecule has 0 fully saturated rings. The highest BCUT2D eigenvalue weighted by molar-refractivity contribution is 5.42. The van der Waals surface area contributed by atoms with Crippen LogP contribution in [-0.4, -0.2) is 12.2 Å². The molecule has 0 bridgehead atoms. The molecule has 0 aromatic heterocycles. The summed E-state index contributed by atoms with van der Waals surface area (Å²) in [5, 5.41) is 9.26. The molecule has 0 aliphatic heterocycles. The minimum absolute atomic E-state index is 0.0173. The summed E-state index contributed by atoms with van der Waals surface area (Å²) in [6, 6.07) is 5.56. The third-order valence-corrected chi connectivity index (χ3v) is 2.38. The molecule has 0 radical (unpaired) electrons. The number of rotatable bonds is 2. The molecule has 0 saturated heterocycles. The van der Waals surface area contributed by atoms with Gasteiger partial charge in [-0.05, 0) is 22.6 Å². The maximum absolute atomic E-state index is 9.26. The van der Waals surface area contributed by atoms with Crippen LogP contribution >= 0.6 is 0 Å². The monoisotopic (exact) mass is 209 g/mol. The number of aliphatic hydroxyl groups is 1. The first-order valence-corrected chi connectivity index (χ1v) is 4.98. The van der Waals surface area contributed by atoms with Crippen molar-refractivity contribution in [1.29, 1.82) is 0 Å². The molecule has 1 atom stereocenters. The Morgan fingerprint density at radius 3 is 2.33 bits per heavy atom. The van der Waals surface area contributed by atoms with Gasteiger partial charge < -0.3 is 15.6 Å². The summed E-state index contributed by atoms with van der Waals surface area (Å²) in [6.07, 6.45) is -0.951. The van der Waals surface area contributed by atoms with E-state index in [0.29, 0.717) is 5.56 Å². The van der Waals surface area contributed by atoms with Crippen molar-refractivity contribution in [2.75, 3.05) is 7.11 Å². The fourth-order valence-corrected chi connectivity index (χ4v) is 1.51. The van der Waals surface area contributed by atoms with E-state index in [4.69, 9.17) is 10.5 Å². The number of ether oxygens (including phenoxy) is 1. The summed E-state index contributed by atoms with van der Waals surface area (Å²) in [4.78, 5) is 0. The molecule has 0 heterocycles. The van der Waals surface area contributed by atoms with E-state index in [1.165, 1.54) is 0 Å². The average molecular weight is 209 g/mol. The lowest BCUT2D eigenvalue weighted by atomic mass is 9.85. The Bertz CT molecular complexity index is 340. The van der Waals surface area contributed by atoms with E-state index in [2.05, 4.69) is 20.8 Å². The molecular weight excluding hydrogens is 190 g/mol. The van der Waals surface area contributed by atoms with E-state index >= 15 is 0 Å². The molecule has 0 aliphatic rings. The molecule has 0 aliphatic carbocycles. The minimum atomic E-state index is -0.951. The quantitative estimate of drug-likeness (QED) is 0.732. The second-order valence-corrected chi connectivity index (χ2v) is 4.65. The van der Waals surface area contributed by atoms with Crippen molar-refractivity contribution in [3.05, 3.63) is 29.3 Å². The molecule has 84 valence electrons. The number of hydrogen-bond acceptors (Lipinski definition) is 3. The van der Waals surface area contributed by atoms with Gasteiger partial charge in [0.15, 0.2) is 0 Å². The van der Waals surface area contributed by atoms with E-state index in [0.717, 1.165) is 11.3 Å². The number of nitrogens with two attached hydrogens (primary N) is 1. The van der Waals surface area contributed by atoms with Crippen molar-refractivity contribution in [2.45, 2.75) is 32.4 Å². The van der Waals surface area contributed by atoms with Crippen molar-refractivity contribution in [3.8, 4) is 5.75 Å². The Morgan fingerprint density at radius 1 is 1.33 bits per heavy atom. The van der Waals surface area contributed by atoms with Gasteiger partial charge in [-0.2, -0.15) is 0 Å². The van der Waals surface area contributed by atoms with Crippen LogP contribution < -0.4 is 10.5 Å². The maximum atomic E-state index is 9.26. The Morgan fingerprint density at radius 2 is 1.93 bits per heavy atom. The van der Waals surface area contributed by atoms with E-state index in [1.807, 2.05) is 12.1 Å². The van der Waals surface area contributed by atoms with Crippen molar-refractivity contribution in [2.24, 2.45) is 5.73 Å². The zero-order chi connectivity index (χ0) is 11.6. The lowest BCUT2D eigenvalue weighted by Crippen LogP contribution is -2.14. The molecule has 1 aromatic rings. The van der Waals surface area contributed by atoms with Gasteiger partial charge in [-0.3, -0.25) is 0 Å². The molecule has 0 spiro atoms. The molecule has 1 unspecified atom stereocenters. The standard InChI is InChI=1S/C12H19NO2/c1-12(2,3)9-6-5-8(11(13)14)7-10(9)15-4/h5-7,11,14H,13H2,1-4H3. The van der Waals surface area contributed by atoms with Gasteiger partial charge in [0, 0.05) is 0 Å². The molecule has 3 N–H and O–H groups in total. The molecule has 1 aromatic carbocycles. The predicted octanol–water partition coefficient (Wildman–Crippen LogP) is 1.94. The number of aliphatic hydroxyl groups excluding tert-OH is 1. The van der Waals surface area contributed by atoms with E-state index in [9.17, 15) is 5.11 Å². The van der Waals surface area contributed by atoms with Crippen LogP contribution in [0.4, 0.5) is 0 Å². The topological polar surface area (TPSA) is 55.5 Å². The van der Waals surface area contributed by atoms with Crippen LogP contribution in [0.5, 0.6) is 5.75 Å². The lowest BCUT2D eigenvalue weighted by molar-refractivity contribution is 0.185. The van der Waals surface area contributed by atoms with Gasteiger partial charge in [0.1, 0.15) is 12.0 Å². The fourth-order valence-electron chi connectivity index (χ4n) is 1.51. The van der Waals surface area contributed by atoms with E-state index in [-0.39, 0.29) is 5.41 Å². The Hall–Kier alpha value is -1.06. The maximum Gasteiger partial charge on any atom is 0.128 e. The van der Waals surface area contributed by atoms with Crippen molar-refractivity contribution in [1.82, 2.24) is 0 Å². The molecular formula is C12H19NO2. The molecule has 3 nitrogen and oxygen atoms in total. The fraction of sp³-hybridized carbons (Fsp3) is 0.500. The van der Waals surface area contributed by atoms with Crippen molar-refractivity contribution < 1.29 is 9.84 Å². The molecule has 0 amide bonds. The van der Waals surface area contributed by atoms with Gasteiger partial charge in [0.25, 0.3) is 0 Å². The molecule has 1 rings (SSSR count). The zero-order valence-corrected chi connectivity index (χ0v) is 9.74. The van der Waals surface area contributed by atoms with Crippen LogP contribution in [0, 0.1) is 0 Å². The van der Waals surface area contributed by atoms with Crippen LogP contribution in [0.25, 0.3) is 0 Å². The lowest BCUT2D eigenvalue weighted by Gasteiger charge is -2.22. The number of methoxy groups -OCH3 is 1. The summed E-state index contributed by atoms with van der Waals surface area (Å²) in [7, 11) is 1.62. The summed E-state index contributed by atoms with van der Waals surface area (Å²) >= 11 is 0. The second kappa shape index (κ2) is 4.21. The van der Waals surface area contributed by atoms with Gasteiger partial charge in [0.2, 0.25) is 0 Å². The normalized spacial score (nSPS) is 13.7. The van der Waals surface area contributed by atoms with Crippen LogP contribution in [0.2, 0.25) is 0 Å². The molecule has 15 heavy (non-hydrogen) atoms. The van der Waals surface area contributed by atoms with Gasteiger partial charge in [-0.25, -0.2) is 0 Å². The Balaban J connectivity index is 3.21. The number of benzene rings is 1. The van der Waals surface area contributed by atoms with E-state index in [1.54, 1.807) is 13.2 Å². The largest absolute Gasteiger partial charge is 0.496 e. The third kappa shape index (κ3) is 2.70. The predicted molar refractivity (Wildman–Crippen MR) is 60.8 cm³/mol. The van der Waals surface area contributed by atoms with Crippen molar-refractivity contribution >= 4 is 0 Å². The van der Waals surface area contributed by atoms with Crippen LogP contribution in [-0.2, 0) is 5.41 Å². The van der Waals surface area contributed by atoms with Gasteiger partial charge in [-0.15, -0.1) is 0 Å². The van der Waals surface area contributed by atoms with Crippen LogP contribution in [0.1, 0.15) is 38.1 Å². The van der Waals surface area contributed by atoms with Gasteiger partial charge >= 0.3 is 0 Å². The average Bonchev–Trinajstić information content (AvgIpc) is 2.15. The highest BCUT2D eigenvalue weighted by Crippen LogP contribution is 2.32. The Labute approximate surface area is 90.9 Å². The van der Waals surface area contributed by atoms with Gasteiger partial charge in [-0.1, -0.05) is 32.9 Å². The van der Waals surface area contributed by atoms with E-state index < -0.39 is 6.23 Å². The number of hydrogen-bond donors (Lipinski definition) is 2. The van der Waals surface area contributed by atoms with Crippen LogP contribution in [0.3, 0.4) is 0 Å². The first kappa shape index (κ1) is 12.0. The summed E-state index contributed by atoms with van der Waals surface area (Å²) < 4.78 is 5.30. The summed E-state index contributed by atoms with van der Waals surface area (Å²) in [5.74, 6) is 0.768. The minimum Gasteiger partial charge on any atom is -0.496 e. The third-order valence-electron chi connectivity index (χ3n) is 2.38. The zero-order valence-electron chi connectivity index (χ0n) is 9.74. The first-order valence-electron chi connectivity index (χ1n) is 4.98. The van der Waals surface area contributed by atoms with Crippen LogP contribution in [0.15, 0.2) is 18.2 Å². The van der Waals surface area contributed by atoms with Gasteiger partial charge in [0.05, 0.1) is 7.11 Å². The molecule has 3 heteroatoms. The highest BCUT2D eigenvalue weighted by atomic mass is 16.5.